The van der Waals surface area contributed by atoms with E-state index in [9.17, 15) is 0 Å². The normalized spacial score (nSPS) is 24.3. The molecular formula is C11H14N2. The fraction of sp³-hybridized carbons (Fsp3) is 0.545. The van der Waals surface area contributed by atoms with Crippen LogP contribution in [0.2, 0.25) is 0 Å². The first-order valence-electron chi connectivity index (χ1n) is 4.82. The van der Waals surface area contributed by atoms with Gasteiger partial charge in [-0.05, 0) is 25.3 Å². The van der Waals surface area contributed by atoms with Gasteiger partial charge in [-0.15, -0.1) is 0 Å². The zero-order valence-corrected chi connectivity index (χ0v) is 7.95. The molecule has 0 fully saturated rings. The Morgan fingerprint density at radius 1 is 1.54 bits per heavy atom. The van der Waals surface area contributed by atoms with Crippen LogP contribution >= 0.6 is 0 Å². The average Bonchev–Trinajstić information content (AvgIpc) is 2.59. The number of nitrogens with zero attached hydrogens (tertiary/aromatic N) is 2. The Morgan fingerprint density at radius 2 is 2.38 bits per heavy atom. The predicted octanol–water partition coefficient (Wildman–Crippen LogP) is 1.86. The Kier molecular flexibility index (Phi) is 2.20. The van der Waals surface area contributed by atoms with Gasteiger partial charge in [0.2, 0.25) is 0 Å². The lowest BCUT2D eigenvalue weighted by Crippen LogP contribution is -2.30. The number of hydrogen-bond acceptors (Lipinski definition) is 2. The maximum Gasteiger partial charge on any atom is 0.0955 e. The highest BCUT2D eigenvalue weighted by Crippen LogP contribution is 2.27. The molecule has 0 amide bonds. The average molecular weight is 174 g/mol. The zero-order valence-electron chi connectivity index (χ0n) is 7.95. The molecule has 0 N–H and O–H groups in total. The van der Waals surface area contributed by atoms with E-state index in [0.29, 0.717) is 0 Å². The Morgan fingerprint density at radius 3 is 3.08 bits per heavy atom. The van der Waals surface area contributed by atoms with Gasteiger partial charge in [-0.2, -0.15) is 5.26 Å². The third kappa shape index (κ3) is 1.52. The summed E-state index contributed by atoms with van der Waals surface area (Å²) in [7, 11) is 0. The van der Waals surface area contributed by atoms with Gasteiger partial charge in [0.1, 0.15) is 0 Å². The van der Waals surface area contributed by atoms with E-state index in [2.05, 4.69) is 23.1 Å². The molecule has 1 aliphatic carbocycles. The maximum atomic E-state index is 8.80. The zero-order chi connectivity index (χ0) is 9.26. The van der Waals surface area contributed by atoms with E-state index in [0.717, 1.165) is 13.1 Å². The first kappa shape index (κ1) is 8.52. The Labute approximate surface area is 79.2 Å². The monoisotopic (exact) mass is 174 g/mol. The summed E-state index contributed by atoms with van der Waals surface area (Å²) in [6.45, 7) is 3.96. The van der Waals surface area contributed by atoms with Gasteiger partial charge in [0.25, 0.3) is 0 Å². The van der Waals surface area contributed by atoms with Crippen LogP contribution in [0.5, 0.6) is 0 Å². The Balaban J connectivity index is 2.07. The van der Waals surface area contributed by atoms with Crippen LogP contribution in [-0.2, 0) is 0 Å². The molecule has 1 aliphatic heterocycles. The molecule has 13 heavy (non-hydrogen) atoms. The second kappa shape index (κ2) is 3.35. The summed E-state index contributed by atoms with van der Waals surface area (Å²) in [5, 5.41) is 8.80. The molecule has 0 aromatic rings. The fourth-order valence-corrected chi connectivity index (χ4v) is 1.98. The van der Waals surface area contributed by atoms with E-state index >= 15 is 0 Å². The lowest BCUT2D eigenvalue weighted by Gasteiger charge is -2.17. The molecule has 1 unspecified atom stereocenters. The molecule has 1 atom stereocenters. The van der Waals surface area contributed by atoms with E-state index in [1.807, 2.05) is 6.92 Å². The minimum absolute atomic E-state index is 0.0546. The summed E-state index contributed by atoms with van der Waals surface area (Å²) >= 11 is 0. The van der Waals surface area contributed by atoms with Gasteiger partial charge in [-0.3, -0.25) is 4.90 Å². The summed E-state index contributed by atoms with van der Waals surface area (Å²) in [5.74, 6) is 0. The fourth-order valence-electron chi connectivity index (χ4n) is 1.98. The van der Waals surface area contributed by atoms with E-state index in [1.165, 1.54) is 18.4 Å². The molecule has 0 bridgehead atoms. The molecule has 0 radical (unpaired) electrons. The van der Waals surface area contributed by atoms with Crippen molar-refractivity contribution >= 4 is 0 Å². The van der Waals surface area contributed by atoms with Crippen molar-refractivity contribution in [2.24, 2.45) is 0 Å². The summed E-state index contributed by atoms with van der Waals surface area (Å²) < 4.78 is 0. The smallest absolute Gasteiger partial charge is 0.0955 e. The van der Waals surface area contributed by atoms with Gasteiger partial charge in [0.15, 0.2) is 0 Å². The predicted molar refractivity (Wildman–Crippen MR) is 52.0 cm³/mol. The highest BCUT2D eigenvalue weighted by Gasteiger charge is 2.24. The summed E-state index contributed by atoms with van der Waals surface area (Å²) in [5.41, 5.74) is 3.00. The van der Waals surface area contributed by atoms with Crippen molar-refractivity contribution in [1.82, 2.24) is 4.90 Å². The van der Waals surface area contributed by atoms with Crippen molar-refractivity contribution in [1.29, 1.82) is 5.26 Å². The number of rotatable bonds is 1. The SMILES string of the molecule is CC(C#N)N1CC2=C(CCC=C2)C1. The summed E-state index contributed by atoms with van der Waals surface area (Å²) in [6.07, 6.45) is 6.83. The third-order valence-corrected chi connectivity index (χ3v) is 2.89. The van der Waals surface area contributed by atoms with E-state index in [4.69, 9.17) is 5.26 Å². The Hall–Kier alpha value is -1.07. The van der Waals surface area contributed by atoms with Crippen molar-refractivity contribution in [3.8, 4) is 6.07 Å². The number of allylic oxidation sites excluding steroid dienone is 1. The highest BCUT2D eigenvalue weighted by molar-refractivity contribution is 5.35. The standard InChI is InChI=1S/C11H14N2/c1-9(6-12)13-7-10-4-2-3-5-11(10)8-13/h2,4,9H,3,5,7-8H2,1H3. The van der Waals surface area contributed by atoms with Crippen LogP contribution < -0.4 is 0 Å². The van der Waals surface area contributed by atoms with Gasteiger partial charge in [-0.1, -0.05) is 17.7 Å². The molecule has 2 aliphatic rings. The number of hydrogen-bond donors (Lipinski definition) is 0. The molecular weight excluding hydrogens is 160 g/mol. The van der Waals surface area contributed by atoms with Gasteiger partial charge in [-0.25, -0.2) is 0 Å². The quantitative estimate of drug-likeness (QED) is 0.606. The molecule has 2 heteroatoms. The van der Waals surface area contributed by atoms with Crippen LogP contribution in [0.4, 0.5) is 0 Å². The minimum Gasteiger partial charge on any atom is -0.280 e. The van der Waals surface area contributed by atoms with Gasteiger partial charge < -0.3 is 0 Å². The molecule has 2 rings (SSSR count). The second-order valence-electron chi connectivity index (χ2n) is 3.78. The first-order valence-corrected chi connectivity index (χ1v) is 4.82. The van der Waals surface area contributed by atoms with E-state index in [1.54, 1.807) is 5.57 Å². The number of nitriles is 1. The van der Waals surface area contributed by atoms with E-state index < -0.39 is 0 Å². The Bertz CT molecular complexity index is 307. The maximum absolute atomic E-state index is 8.80. The summed E-state index contributed by atoms with van der Waals surface area (Å²) in [6, 6.07) is 2.35. The third-order valence-electron chi connectivity index (χ3n) is 2.89. The van der Waals surface area contributed by atoms with Crippen LogP contribution in [-0.4, -0.2) is 24.0 Å². The topological polar surface area (TPSA) is 27.0 Å². The van der Waals surface area contributed by atoms with Gasteiger partial charge in [0, 0.05) is 13.1 Å². The van der Waals surface area contributed by atoms with Crippen molar-refractivity contribution in [2.75, 3.05) is 13.1 Å². The molecule has 0 spiro atoms. The molecule has 2 nitrogen and oxygen atoms in total. The highest BCUT2D eigenvalue weighted by atomic mass is 15.2. The van der Waals surface area contributed by atoms with Crippen LogP contribution in [0, 0.1) is 11.3 Å². The molecule has 1 heterocycles. The van der Waals surface area contributed by atoms with Crippen LogP contribution in [0.1, 0.15) is 19.8 Å². The first-order chi connectivity index (χ1) is 6.31. The van der Waals surface area contributed by atoms with Crippen molar-refractivity contribution in [3.63, 3.8) is 0 Å². The summed E-state index contributed by atoms with van der Waals surface area (Å²) in [4.78, 5) is 2.24. The van der Waals surface area contributed by atoms with Crippen molar-refractivity contribution in [2.45, 2.75) is 25.8 Å². The van der Waals surface area contributed by atoms with Gasteiger partial charge >= 0.3 is 0 Å². The van der Waals surface area contributed by atoms with Crippen LogP contribution in [0.15, 0.2) is 23.3 Å². The van der Waals surface area contributed by atoms with E-state index in [-0.39, 0.29) is 6.04 Å². The largest absolute Gasteiger partial charge is 0.280 e. The van der Waals surface area contributed by atoms with Crippen molar-refractivity contribution in [3.05, 3.63) is 23.3 Å². The molecule has 0 saturated carbocycles. The molecule has 0 aromatic carbocycles. The molecule has 0 aromatic heterocycles. The van der Waals surface area contributed by atoms with Crippen molar-refractivity contribution < 1.29 is 0 Å². The lowest BCUT2D eigenvalue weighted by atomic mass is 10.0. The molecule has 68 valence electrons. The molecule has 0 saturated heterocycles. The second-order valence-corrected chi connectivity index (χ2v) is 3.78. The van der Waals surface area contributed by atoms with Crippen LogP contribution in [0.3, 0.4) is 0 Å². The minimum atomic E-state index is 0.0546. The lowest BCUT2D eigenvalue weighted by molar-refractivity contribution is 0.311. The van der Waals surface area contributed by atoms with Crippen LogP contribution in [0.25, 0.3) is 0 Å². The van der Waals surface area contributed by atoms with Gasteiger partial charge in [0.05, 0.1) is 12.1 Å².